The molecule has 0 aromatic rings. The fourth-order valence-electron chi connectivity index (χ4n) is 4.49. The van der Waals surface area contributed by atoms with E-state index in [0.29, 0.717) is 11.7 Å². The minimum atomic E-state index is -0.350. The summed E-state index contributed by atoms with van der Waals surface area (Å²) in [5.74, 6) is 3.13. The Morgan fingerprint density at radius 1 is 1.22 bits per heavy atom. The van der Waals surface area contributed by atoms with Gasteiger partial charge in [0.2, 0.25) is 0 Å². The fourth-order valence-corrected chi connectivity index (χ4v) is 4.49. The fraction of sp³-hybridized carbons (Fsp3) is 0.800. The molecule has 0 aromatic heterocycles. The predicted molar refractivity (Wildman–Crippen MR) is 67.7 cm³/mol. The zero-order chi connectivity index (χ0) is 12.7. The van der Waals surface area contributed by atoms with Crippen molar-refractivity contribution in [2.75, 3.05) is 6.79 Å². The molecule has 2 bridgehead atoms. The Balaban J connectivity index is 1.48. The van der Waals surface area contributed by atoms with Crippen molar-refractivity contribution in [2.24, 2.45) is 23.7 Å². The zero-order valence-electron chi connectivity index (χ0n) is 11.1. The van der Waals surface area contributed by atoms with Gasteiger partial charge in [0.1, 0.15) is 0 Å². The number of hydrogen-bond donors (Lipinski definition) is 0. The monoisotopic (exact) mass is 250 g/mol. The lowest BCUT2D eigenvalue weighted by molar-refractivity contribution is -0.160. The smallest absolute Gasteiger partial charge is 0.335 e. The summed E-state index contributed by atoms with van der Waals surface area (Å²) >= 11 is 0. The highest BCUT2D eigenvalue weighted by molar-refractivity contribution is 5.86. The molecule has 3 aliphatic rings. The summed E-state index contributed by atoms with van der Waals surface area (Å²) in [6, 6.07) is 0. The molecule has 0 radical (unpaired) electrons. The van der Waals surface area contributed by atoms with Gasteiger partial charge in [-0.3, -0.25) is 0 Å². The number of carbonyl (C=O) groups is 1. The van der Waals surface area contributed by atoms with Gasteiger partial charge in [0, 0.05) is 5.57 Å². The molecule has 0 heterocycles. The number of esters is 1. The van der Waals surface area contributed by atoms with E-state index < -0.39 is 0 Å². The molecule has 0 N–H and O–H groups in total. The molecule has 3 rings (SSSR count). The molecule has 0 saturated heterocycles. The Hall–Kier alpha value is -0.830. The quantitative estimate of drug-likeness (QED) is 0.437. The summed E-state index contributed by atoms with van der Waals surface area (Å²) in [7, 11) is 0. The third-order valence-electron chi connectivity index (χ3n) is 5.19. The van der Waals surface area contributed by atoms with Crippen LogP contribution in [0.15, 0.2) is 12.2 Å². The molecule has 0 spiro atoms. The van der Waals surface area contributed by atoms with Crippen LogP contribution in [0, 0.1) is 23.7 Å². The van der Waals surface area contributed by atoms with Crippen LogP contribution in [-0.4, -0.2) is 18.9 Å². The molecule has 0 aliphatic heterocycles. The maximum atomic E-state index is 11.3. The normalized spacial score (nSPS) is 40.8. The first-order valence-electron chi connectivity index (χ1n) is 7.11. The third-order valence-corrected chi connectivity index (χ3v) is 5.19. The first-order valence-corrected chi connectivity index (χ1v) is 7.11. The molecule has 100 valence electrons. The Labute approximate surface area is 109 Å². The summed E-state index contributed by atoms with van der Waals surface area (Å²) in [4.78, 5) is 11.3. The molecule has 3 fully saturated rings. The van der Waals surface area contributed by atoms with E-state index in [9.17, 15) is 4.79 Å². The number of carbonyl (C=O) groups excluding carboxylic acids is 1. The molecule has 0 amide bonds. The number of hydrogen-bond acceptors (Lipinski definition) is 3. The lowest BCUT2D eigenvalue weighted by Crippen LogP contribution is -2.31. The molecule has 3 saturated carbocycles. The highest BCUT2D eigenvalue weighted by Gasteiger charge is 2.54. The predicted octanol–water partition coefficient (Wildman–Crippen LogP) is 2.90. The number of ether oxygens (including phenoxy) is 2. The average molecular weight is 250 g/mol. The maximum absolute atomic E-state index is 11.3. The summed E-state index contributed by atoms with van der Waals surface area (Å²) in [6.45, 7) is 5.31. The van der Waals surface area contributed by atoms with E-state index in [-0.39, 0.29) is 12.8 Å². The van der Waals surface area contributed by atoms with Crippen LogP contribution in [-0.2, 0) is 14.3 Å². The standard InChI is InChI=1S/C15H22O3/c1-9(2)15(16)18-8-17-14-7-10-6-13(14)12-5-3-4-11(10)12/h10-14H,1,3-8H2,2H3. The van der Waals surface area contributed by atoms with Crippen molar-refractivity contribution in [3.63, 3.8) is 0 Å². The largest absolute Gasteiger partial charge is 0.435 e. The average Bonchev–Trinajstić information content (AvgIpc) is 3.00. The zero-order valence-corrected chi connectivity index (χ0v) is 11.1. The van der Waals surface area contributed by atoms with Gasteiger partial charge >= 0.3 is 5.97 Å². The van der Waals surface area contributed by atoms with Gasteiger partial charge in [0.05, 0.1) is 6.10 Å². The van der Waals surface area contributed by atoms with Gasteiger partial charge < -0.3 is 9.47 Å². The first-order chi connectivity index (χ1) is 8.66. The van der Waals surface area contributed by atoms with E-state index in [1.807, 2.05) is 0 Å². The molecular formula is C15H22O3. The van der Waals surface area contributed by atoms with Crippen LogP contribution in [0.4, 0.5) is 0 Å². The molecule has 5 atom stereocenters. The van der Waals surface area contributed by atoms with Gasteiger partial charge in [-0.05, 0) is 56.3 Å². The van der Waals surface area contributed by atoms with Crippen LogP contribution in [0.25, 0.3) is 0 Å². The second-order valence-electron chi connectivity index (χ2n) is 6.19. The second kappa shape index (κ2) is 4.69. The van der Waals surface area contributed by atoms with Crippen molar-refractivity contribution >= 4 is 5.97 Å². The highest BCUT2D eigenvalue weighted by atomic mass is 16.7. The van der Waals surface area contributed by atoms with Crippen LogP contribution < -0.4 is 0 Å². The van der Waals surface area contributed by atoms with Crippen molar-refractivity contribution in [3.8, 4) is 0 Å². The van der Waals surface area contributed by atoms with Crippen LogP contribution in [0.1, 0.15) is 39.0 Å². The first kappa shape index (κ1) is 12.2. The summed E-state index contributed by atoms with van der Waals surface area (Å²) in [5.41, 5.74) is 0.433. The summed E-state index contributed by atoms with van der Waals surface area (Å²) in [6.07, 6.45) is 7.07. The van der Waals surface area contributed by atoms with E-state index in [4.69, 9.17) is 9.47 Å². The topological polar surface area (TPSA) is 35.5 Å². The lowest BCUT2D eigenvalue weighted by Gasteiger charge is -2.31. The van der Waals surface area contributed by atoms with Gasteiger partial charge in [0.25, 0.3) is 0 Å². The third kappa shape index (κ3) is 1.99. The van der Waals surface area contributed by atoms with Crippen LogP contribution in [0.2, 0.25) is 0 Å². The molecule has 18 heavy (non-hydrogen) atoms. The molecular weight excluding hydrogens is 228 g/mol. The van der Waals surface area contributed by atoms with E-state index >= 15 is 0 Å². The van der Waals surface area contributed by atoms with E-state index in [2.05, 4.69) is 6.58 Å². The van der Waals surface area contributed by atoms with E-state index in [0.717, 1.165) is 23.7 Å². The maximum Gasteiger partial charge on any atom is 0.335 e. The van der Waals surface area contributed by atoms with Crippen molar-refractivity contribution in [1.82, 2.24) is 0 Å². The Morgan fingerprint density at radius 3 is 2.78 bits per heavy atom. The minimum absolute atomic E-state index is 0.0942. The van der Waals surface area contributed by atoms with Gasteiger partial charge in [0.15, 0.2) is 6.79 Å². The molecule has 5 unspecified atom stereocenters. The van der Waals surface area contributed by atoms with E-state index in [1.165, 1.54) is 32.1 Å². The van der Waals surface area contributed by atoms with Crippen LogP contribution >= 0.6 is 0 Å². The molecule has 3 heteroatoms. The SMILES string of the molecule is C=C(C)C(=O)OCOC1CC2CC1C1CCCC21. The Morgan fingerprint density at radius 2 is 2.00 bits per heavy atom. The minimum Gasteiger partial charge on any atom is -0.435 e. The molecule has 3 aliphatic carbocycles. The summed E-state index contributed by atoms with van der Waals surface area (Å²) in [5, 5.41) is 0. The molecule has 0 aromatic carbocycles. The van der Waals surface area contributed by atoms with Crippen molar-refractivity contribution < 1.29 is 14.3 Å². The highest BCUT2D eigenvalue weighted by Crippen LogP contribution is 2.59. The van der Waals surface area contributed by atoms with Crippen molar-refractivity contribution in [3.05, 3.63) is 12.2 Å². The number of fused-ring (bicyclic) bond motifs is 5. The van der Waals surface area contributed by atoms with Crippen molar-refractivity contribution in [2.45, 2.75) is 45.1 Å². The number of rotatable bonds is 4. The molecule has 3 nitrogen and oxygen atoms in total. The van der Waals surface area contributed by atoms with Gasteiger partial charge in [-0.15, -0.1) is 0 Å². The van der Waals surface area contributed by atoms with Crippen LogP contribution in [0.3, 0.4) is 0 Å². The van der Waals surface area contributed by atoms with Gasteiger partial charge in [-0.2, -0.15) is 0 Å². The van der Waals surface area contributed by atoms with Crippen molar-refractivity contribution in [1.29, 1.82) is 0 Å². The van der Waals surface area contributed by atoms with Crippen LogP contribution in [0.5, 0.6) is 0 Å². The van der Waals surface area contributed by atoms with Gasteiger partial charge in [-0.25, -0.2) is 4.79 Å². The Kier molecular flexibility index (Phi) is 3.18. The lowest BCUT2D eigenvalue weighted by atomic mass is 9.80. The summed E-state index contributed by atoms with van der Waals surface area (Å²) < 4.78 is 10.8. The van der Waals surface area contributed by atoms with Gasteiger partial charge in [-0.1, -0.05) is 13.0 Å². The van der Waals surface area contributed by atoms with E-state index in [1.54, 1.807) is 6.92 Å². The second-order valence-corrected chi connectivity index (χ2v) is 6.19. The Bertz CT molecular complexity index is 363.